The third-order valence-corrected chi connectivity index (χ3v) is 18.9. The van der Waals surface area contributed by atoms with Gasteiger partial charge in [0, 0.05) is 74.6 Å². The van der Waals surface area contributed by atoms with Gasteiger partial charge in [-0.05, 0) is 130 Å². The summed E-state index contributed by atoms with van der Waals surface area (Å²) < 4.78 is 115. The molecule has 0 saturated carbocycles. The van der Waals surface area contributed by atoms with Gasteiger partial charge < -0.3 is 63.1 Å². The van der Waals surface area contributed by atoms with Gasteiger partial charge in [-0.3, -0.25) is 9.59 Å². The number of carbonyl (C=O) groups is 2. The Balaban J connectivity index is 1.21. The lowest BCUT2D eigenvalue weighted by atomic mass is 9.74. The van der Waals surface area contributed by atoms with Gasteiger partial charge >= 0.3 is 12.1 Å². The van der Waals surface area contributed by atoms with Gasteiger partial charge in [-0.25, -0.2) is 13.1 Å². The number of fused-ring (bicyclic) bond motifs is 1. The number of nitrogens with zero attached hydrogens (tertiary/aromatic N) is 2. The van der Waals surface area contributed by atoms with Crippen LogP contribution in [0.3, 0.4) is 0 Å². The molecule has 3 fully saturated rings. The zero-order chi connectivity index (χ0) is 59.4. The van der Waals surface area contributed by atoms with Gasteiger partial charge in [0.15, 0.2) is 12.6 Å². The maximum Gasteiger partial charge on any atom is 0.416 e. The summed E-state index contributed by atoms with van der Waals surface area (Å²) in [5.74, 6) is -4.90. The predicted molar refractivity (Wildman–Crippen MR) is 291 cm³/mol. The third kappa shape index (κ3) is 14.6. The van der Waals surface area contributed by atoms with Crippen molar-refractivity contribution < 1.29 is 84.8 Å². The number of carbonyl (C=O) groups excluding carboxylic acids is 2. The molecule has 5 N–H and O–H groups in total. The van der Waals surface area contributed by atoms with Crippen LogP contribution in [0.2, 0.25) is 0 Å². The Bertz CT molecular complexity index is 2640. The number of alkyl halides is 3. The van der Waals surface area contributed by atoms with Gasteiger partial charge in [-0.2, -0.15) is 13.2 Å². The minimum absolute atomic E-state index is 0.00222. The minimum Gasteiger partial charge on any atom is -0.459 e. The Morgan fingerprint density at radius 3 is 2.14 bits per heavy atom. The zero-order valence-electron chi connectivity index (χ0n) is 48.6. The van der Waals surface area contributed by atoms with E-state index in [-0.39, 0.29) is 43.0 Å². The number of hydrogen-bond acceptors (Lipinski definition) is 16. The van der Waals surface area contributed by atoms with E-state index in [2.05, 4.69) is 9.62 Å². The van der Waals surface area contributed by atoms with Crippen LogP contribution < -0.4 is 4.72 Å². The van der Waals surface area contributed by atoms with Gasteiger partial charge in [-0.1, -0.05) is 45.9 Å². The monoisotopic (exact) mass is 1160 g/mol. The highest BCUT2D eigenvalue weighted by atomic mass is 32.2. The first kappa shape index (κ1) is 65.5. The first-order chi connectivity index (χ1) is 37.3. The Labute approximate surface area is 469 Å². The standard InChI is InChI=1S/C58H88F3N3O15S/c1-14-45-57(10,70)50(67)35(4)47(65)33(2)30-56(9,74-13)52(36(5)49(37(6)53(69)77-45)78-46-31-55(8,73-12)51(68)38(7)76-46)79-54-48(66)44(29-34(3)75-54)63(11)27-18-17-19-39-32-64(43-21-16-15-20-42(39)43)28-26-62-80(71,72)41-24-22-40(23-25-41)58(59,60)61/h15-16,20-25,32-38,44-46,48-52,54,62,66-68,70H,14,17-19,26-31H2,1-13H3/t33-,34-,35+,36+,37-,38+,44+,45-,46+,48?,49+,50-,51+,52-,54+,55-,56-,57-/m1/s1. The van der Waals surface area contributed by atoms with E-state index < -0.39 is 136 Å². The number of rotatable bonds is 18. The van der Waals surface area contributed by atoms with Crippen LogP contribution in [0.4, 0.5) is 13.2 Å². The molecule has 2 aromatic carbocycles. The van der Waals surface area contributed by atoms with Gasteiger partial charge in [0.25, 0.3) is 0 Å². The quantitative estimate of drug-likeness (QED) is 0.0652. The molecule has 80 heavy (non-hydrogen) atoms. The summed E-state index contributed by atoms with van der Waals surface area (Å²) in [6.45, 7) is 17.7. The van der Waals surface area contributed by atoms with E-state index in [4.69, 9.17) is 33.2 Å². The number of aromatic nitrogens is 1. The van der Waals surface area contributed by atoms with E-state index in [1.54, 1.807) is 41.5 Å². The average Bonchev–Trinajstić information content (AvgIpc) is 3.77. The molecule has 22 heteroatoms. The van der Waals surface area contributed by atoms with Crippen LogP contribution >= 0.6 is 0 Å². The van der Waals surface area contributed by atoms with Gasteiger partial charge in [0.2, 0.25) is 10.0 Å². The van der Waals surface area contributed by atoms with Crippen molar-refractivity contribution in [1.29, 1.82) is 0 Å². The highest BCUT2D eigenvalue weighted by Crippen LogP contribution is 2.42. The number of nitrogens with one attached hydrogen (secondary N) is 1. The highest BCUT2D eigenvalue weighted by molar-refractivity contribution is 7.89. The number of benzene rings is 2. The second-order valence-electron chi connectivity index (χ2n) is 23.4. The van der Waals surface area contributed by atoms with Crippen molar-refractivity contribution in [3.05, 3.63) is 65.9 Å². The lowest BCUT2D eigenvalue weighted by molar-refractivity contribution is -0.319. The number of halogens is 3. The summed E-state index contributed by atoms with van der Waals surface area (Å²) in [6.07, 6.45) is -10.4. The fourth-order valence-electron chi connectivity index (χ4n) is 12.3. The lowest BCUT2D eigenvalue weighted by Crippen LogP contribution is -2.61. The third-order valence-electron chi connectivity index (χ3n) is 17.4. The van der Waals surface area contributed by atoms with Crippen LogP contribution in [0.15, 0.2) is 59.6 Å². The Morgan fingerprint density at radius 2 is 1.51 bits per heavy atom. The first-order valence-corrected chi connectivity index (χ1v) is 29.5. The molecule has 452 valence electrons. The second kappa shape index (κ2) is 26.5. The summed E-state index contributed by atoms with van der Waals surface area (Å²) >= 11 is 0. The lowest BCUT2D eigenvalue weighted by Gasteiger charge is -2.50. The molecule has 18 atom stereocenters. The Hall–Kier alpha value is -3.62. The maximum atomic E-state index is 14.5. The van der Waals surface area contributed by atoms with E-state index in [0.29, 0.717) is 19.4 Å². The molecular weight excluding hydrogens is 1070 g/mol. The molecule has 0 spiro atoms. The molecule has 18 nitrogen and oxygen atoms in total. The highest BCUT2D eigenvalue weighted by Gasteiger charge is 2.54. The molecule has 3 aliphatic rings. The van der Waals surface area contributed by atoms with Crippen molar-refractivity contribution in [3.8, 4) is 0 Å². The molecular formula is C58H88F3N3O15S. The number of cyclic esters (lactones) is 1. The summed E-state index contributed by atoms with van der Waals surface area (Å²) in [7, 11) is 0.823. The van der Waals surface area contributed by atoms with Crippen LogP contribution in [-0.4, -0.2) is 169 Å². The number of hydrogen-bond donors (Lipinski definition) is 5. The van der Waals surface area contributed by atoms with Crippen LogP contribution in [0.5, 0.6) is 0 Å². The summed E-state index contributed by atoms with van der Waals surface area (Å²) in [4.78, 5) is 30.6. The Kier molecular flexibility index (Phi) is 21.7. The van der Waals surface area contributed by atoms with E-state index >= 15 is 0 Å². The number of aliphatic hydroxyl groups is 4. The number of ketones is 1. The zero-order valence-corrected chi connectivity index (χ0v) is 49.5. The van der Waals surface area contributed by atoms with E-state index in [9.17, 15) is 51.6 Å². The van der Waals surface area contributed by atoms with Crippen LogP contribution in [0.1, 0.15) is 119 Å². The molecule has 3 aliphatic heterocycles. The van der Waals surface area contributed by atoms with Crippen molar-refractivity contribution >= 4 is 32.7 Å². The molecule has 3 aromatic rings. The van der Waals surface area contributed by atoms with Crippen molar-refractivity contribution in [2.45, 2.75) is 216 Å². The smallest absolute Gasteiger partial charge is 0.416 e. The number of para-hydroxylation sites is 1. The molecule has 0 aliphatic carbocycles. The maximum absolute atomic E-state index is 14.5. The number of methoxy groups -OCH3 is 2. The fraction of sp³-hybridized carbons (Fsp3) is 0.724. The summed E-state index contributed by atoms with van der Waals surface area (Å²) in [5, 5.41) is 48.0. The minimum atomic E-state index is -4.59. The second-order valence-corrected chi connectivity index (χ2v) is 25.2. The largest absolute Gasteiger partial charge is 0.459 e. The van der Waals surface area contributed by atoms with E-state index in [0.717, 1.165) is 53.6 Å². The normalized spacial score (nSPS) is 36.5. The topological polar surface area (TPSA) is 234 Å². The van der Waals surface area contributed by atoms with Gasteiger partial charge in [0.1, 0.15) is 29.7 Å². The number of Topliss-reactive ketones (excluding diaryl/α,β-unsaturated/α-hetero) is 1. The molecule has 0 amide bonds. The predicted octanol–water partition coefficient (Wildman–Crippen LogP) is 6.78. The molecule has 1 unspecified atom stereocenters. The fourth-order valence-corrected chi connectivity index (χ4v) is 13.3. The van der Waals surface area contributed by atoms with E-state index in [1.165, 1.54) is 28.1 Å². The number of esters is 1. The Morgan fingerprint density at radius 1 is 0.863 bits per heavy atom. The van der Waals surface area contributed by atoms with Crippen LogP contribution in [0, 0.1) is 23.7 Å². The molecule has 6 rings (SSSR count). The molecule has 1 aromatic heterocycles. The van der Waals surface area contributed by atoms with Crippen molar-refractivity contribution in [2.24, 2.45) is 23.7 Å². The van der Waals surface area contributed by atoms with Crippen LogP contribution in [-0.2, 0) is 71.9 Å². The van der Waals surface area contributed by atoms with Crippen molar-refractivity contribution in [3.63, 3.8) is 0 Å². The molecule has 0 radical (unpaired) electrons. The number of aliphatic hydroxyl groups excluding tert-OH is 3. The van der Waals surface area contributed by atoms with Crippen molar-refractivity contribution in [1.82, 2.24) is 14.2 Å². The number of ether oxygens (including phenoxy) is 7. The number of sulfonamides is 1. The summed E-state index contributed by atoms with van der Waals surface area (Å²) in [5.41, 5.74) is -3.47. The molecule has 0 bridgehead atoms. The number of likely N-dealkylation sites (N-methyl/N-ethyl adjacent to an activating group) is 1. The summed E-state index contributed by atoms with van der Waals surface area (Å²) in [6, 6.07) is 10.7. The first-order valence-electron chi connectivity index (χ1n) is 28.0. The van der Waals surface area contributed by atoms with E-state index in [1.807, 2.05) is 55.9 Å². The van der Waals surface area contributed by atoms with Crippen LogP contribution in [0.25, 0.3) is 10.9 Å². The van der Waals surface area contributed by atoms with Crippen molar-refractivity contribution in [2.75, 3.05) is 34.4 Å². The molecule has 4 heterocycles. The average molecular weight is 1160 g/mol. The molecule has 3 saturated heterocycles. The number of aryl methyl sites for hydroxylation is 1. The van der Waals surface area contributed by atoms with Gasteiger partial charge in [-0.15, -0.1) is 0 Å². The SMILES string of the molecule is CC[C@H]1OC(=O)[C@H](C)[C@@H](O[C@H]2C[C@@](C)(OC)[C@@H](O)[C@H](C)O2)[C@H](C)[C@@H](O[C@@H]2O[C@H](C)C[C@H](N(C)CCCCc3cn(CCNS(=O)(=O)c4ccc(C(F)(F)F)cc4)c4ccccc34)C2O)[C@](C)(OC)C[C@@H](C)C(=O)[C@H](C)[C@@H](O)[C@]1(C)O. The van der Waals surface area contributed by atoms with Gasteiger partial charge in [0.05, 0.1) is 58.1 Å². The number of unbranched alkanes of at least 4 members (excludes halogenated alkanes) is 1.